The predicted molar refractivity (Wildman–Crippen MR) is 91.7 cm³/mol. The average molecular weight is 338 g/mol. The highest BCUT2D eigenvalue weighted by Crippen LogP contribution is 2.31. The van der Waals surface area contributed by atoms with Gasteiger partial charge in [-0.25, -0.2) is 0 Å². The summed E-state index contributed by atoms with van der Waals surface area (Å²) in [4.78, 5) is 25.4. The van der Waals surface area contributed by atoms with E-state index in [1.807, 2.05) is 13.0 Å². The molecule has 1 N–H and O–H groups in total. The fourth-order valence-corrected chi connectivity index (χ4v) is 2.47. The molecule has 0 radical (unpaired) electrons. The van der Waals surface area contributed by atoms with Crippen molar-refractivity contribution < 1.29 is 19.4 Å². The van der Waals surface area contributed by atoms with Crippen molar-refractivity contribution in [3.8, 4) is 17.6 Å². The van der Waals surface area contributed by atoms with Gasteiger partial charge in [-0.3, -0.25) is 9.59 Å². The monoisotopic (exact) mass is 338 g/mol. The third-order valence-corrected chi connectivity index (χ3v) is 4.10. The number of hydrogen-bond donors (Lipinski definition) is 1. The summed E-state index contributed by atoms with van der Waals surface area (Å²) in [7, 11) is 2.98. The minimum atomic E-state index is -0.337. The zero-order chi connectivity index (χ0) is 18.6. The number of methoxy groups -OCH3 is 1. The van der Waals surface area contributed by atoms with E-state index in [0.29, 0.717) is 11.8 Å². The Bertz CT molecular complexity index is 855. The zero-order valence-electron chi connectivity index (χ0n) is 14.2. The van der Waals surface area contributed by atoms with Crippen molar-refractivity contribution in [2.75, 3.05) is 14.2 Å². The Kier molecular flexibility index (Phi) is 5.40. The topological polar surface area (TPSA) is 90.6 Å². The van der Waals surface area contributed by atoms with Crippen LogP contribution in [0.1, 0.15) is 44.8 Å². The zero-order valence-corrected chi connectivity index (χ0v) is 14.2. The van der Waals surface area contributed by atoms with Gasteiger partial charge >= 0.3 is 0 Å². The van der Waals surface area contributed by atoms with Crippen molar-refractivity contribution in [3.63, 3.8) is 0 Å². The van der Waals surface area contributed by atoms with Gasteiger partial charge in [0.1, 0.15) is 0 Å². The molecular weight excluding hydrogens is 320 g/mol. The first kappa shape index (κ1) is 18.0. The Morgan fingerprint density at radius 2 is 2.08 bits per heavy atom. The van der Waals surface area contributed by atoms with Gasteiger partial charge in [0.05, 0.1) is 30.3 Å². The lowest BCUT2D eigenvalue weighted by Crippen LogP contribution is -2.29. The van der Waals surface area contributed by atoms with Gasteiger partial charge in [-0.05, 0) is 36.8 Å². The molecule has 0 saturated heterocycles. The summed E-state index contributed by atoms with van der Waals surface area (Å²) in [6, 6.07) is 11.5. The molecule has 1 amide bonds. The molecule has 0 heterocycles. The van der Waals surface area contributed by atoms with Crippen molar-refractivity contribution in [1.82, 2.24) is 4.90 Å². The molecule has 2 rings (SSSR count). The summed E-state index contributed by atoms with van der Waals surface area (Å²) >= 11 is 0. The summed E-state index contributed by atoms with van der Waals surface area (Å²) in [5.41, 5.74) is 1.54. The Morgan fingerprint density at radius 1 is 1.36 bits per heavy atom. The van der Waals surface area contributed by atoms with Crippen LogP contribution in [0.15, 0.2) is 36.4 Å². The molecule has 0 aliphatic heterocycles. The molecule has 0 aromatic heterocycles. The fourth-order valence-electron chi connectivity index (χ4n) is 2.47. The van der Waals surface area contributed by atoms with Crippen LogP contribution in [0, 0.1) is 11.3 Å². The minimum absolute atomic E-state index is 0.0183. The number of aromatic hydroxyl groups is 1. The number of rotatable bonds is 5. The number of aldehydes is 1. The van der Waals surface area contributed by atoms with Gasteiger partial charge in [0, 0.05) is 12.6 Å². The van der Waals surface area contributed by atoms with Crippen molar-refractivity contribution in [1.29, 1.82) is 5.26 Å². The molecule has 25 heavy (non-hydrogen) atoms. The Morgan fingerprint density at radius 3 is 2.68 bits per heavy atom. The lowest BCUT2D eigenvalue weighted by Gasteiger charge is -2.26. The number of phenolic OH excluding ortho intramolecular Hbond substituents is 1. The molecule has 2 aromatic rings. The highest BCUT2D eigenvalue weighted by Gasteiger charge is 2.22. The second-order valence-corrected chi connectivity index (χ2v) is 5.56. The maximum absolute atomic E-state index is 12.8. The van der Waals surface area contributed by atoms with E-state index < -0.39 is 0 Å². The molecule has 0 bridgehead atoms. The van der Waals surface area contributed by atoms with E-state index in [0.717, 1.165) is 5.56 Å². The predicted octanol–water partition coefficient (Wildman–Crippen LogP) is 2.92. The molecule has 0 spiro atoms. The van der Waals surface area contributed by atoms with Crippen LogP contribution in [0.25, 0.3) is 0 Å². The second-order valence-electron chi connectivity index (χ2n) is 5.56. The van der Waals surface area contributed by atoms with Crippen LogP contribution in [-0.4, -0.2) is 36.4 Å². The molecule has 128 valence electrons. The SMILES string of the molecule is COc1cc(C(=O)N(C)C(C)c2cccc(C#N)c2)cc(C=O)c1O. The highest BCUT2D eigenvalue weighted by molar-refractivity contribution is 5.97. The first-order chi connectivity index (χ1) is 11.9. The third kappa shape index (κ3) is 3.61. The van der Waals surface area contributed by atoms with Gasteiger partial charge < -0.3 is 14.7 Å². The molecule has 0 aliphatic rings. The van der Waals surface area contributed by atoms with Crippen LogP contribution in [0.4, 0.5) is 0 Å². The lowest BCUT2D eigenvalue weighted by molar-refractivity contribution is 0.0742. The first-order valence-corrected chi connectivity index (χ1v) is 7.56. The van der Waals surface area contributed by atoms with Gasteiger partial charge in [0.15, 0.2) is 17.8 Å². The maximum atomic E-state index is 12.8. The quantitative estimate of drug-likeness (QED) is 0.847. The largest absolute Gasteiger partial charge is 0.504 e. The van der Waals surface area contributed by atoms with E-state index in [4.69, 9.17) is 10.00 Å². The van der Waals surface area contributed by atoms with Crippen LogP contribution in [0.5, 0.6) is 11.5 Å². The Labute approximate surface area is 145 Å². The number of nitrogens with zero attached hydrogens (tertiary/aromatic N) is 2. The van der Waals surface area contributed by atoms with E-state index >= 15 is 0 Å². The van der Waals surface area contributed by atoms with Gasteiger partial charge in [0.25, 0.3) is 5.91 Å². The van der Waals surface area contributed by atoms with Crippen LogP contribution < -0.4 is 4.74 Å². The number of amides is 1. The number of carbonyl (C=O) groups excluding carboxylic acids is 2. The summed E-state index contributed by atoms with van der Waals surface area (Å²) in [5, 5.41) is 18.9. The van der Waals surface area contributed by atoms with Gasteiger partial charge in [-0.1, -0.05) is 12.1 Å². The van der Waals surface area contributed by atoms with Crippen LogP contribution in [-0.2, 0) is 0 Å². The summed E-state index contributed by atoms with van der Waals surface area (Å²) in [6.45, 7) is 1.84. The molecule has 1 atom stereocenters. The number of benzene rings is 2. The summed E-state index contributed by atoms with van der Waals surface area (Å²) < 4.78 is 5.02. The molecule has 2 aromatic carbocycles. The minimum Gasteiger partial charge on any atom is -0.504 e. The lowest BCUT2D eigenvalue weighted by atomic mass is 10.0. The van der Waals surface area contributed by atoms with Gasteiger partial charge in [-0.15, -0.1) is 0 Å². The van der Waals surface area contributed by atoms with E-state index in [9.17, 15) is 14.7 Å². The standard InChI is InChI=1S/C19H18N2O4/c1-12(14-6-4-5-13(7-14)10-20)21(2)19(24)15-8-16(11-22)18(23)17(9-15)25-3/h4-9,11-12,23H,1-3H3. The number of carbonyl (C=O) groups is 2. The molecule has 6 nitrogen and oxygen atoms in total. The third-order valence-electron chi connectivity index (χ3n) is 4.10. The molecular formula is C19H18N2O4. The highest BCUT2D eigenvalue weighted by atomic mass is 16.5. The number of hydrogen-bond acceptors (Lipinski definition) is 5. The normalized spacial score (nSPS) is 11.3. The average Bonchev–Trinajstić information content (AvgIpc) is 2.66. The summed E-state index contributed by atoms with van der Waals surface area (Å²) in [5.74, 6) is -0.580. The van der Waals surface area contributed by atoms with Crippen molar-refractivity contribution >= 4 is 12.2 Å². The van der Waals surface area contributed by atoms with Gasteiger partial charge in [0.2, 0.25) is 0 Å². The molecule has 6 heteroatoms. The number of ether oxygens (including phenoxy) is 1. The Balaban J connectivity index is 2.36. The van der Waals surface area contributed by atoms with Crippen LogP contribution >= 0.6 is 0 Å². The molecule has 0 aliphatic carbocycles. The van der Waals surface area contributed by atoms with E-state index in [1.165, 1.54) is 24.1 Å². The first-order valence-electron chi connectivity index (χ1n) is 7.56. The van der Waals surface area contributed by atoms with Crippen LogP contribution in [0.3, 0.4) is 0 Å². The number of nitriles is 1. The second kappa shape index (κ2) is 7.49. The smallest absolute Gasteiger partial charge is 0.254 e. The Hall–Kier alpha value is -3.33. The summed E-state index contributed by atoms with van der Waals surface area (Å²) in [6.07, 6.45) is 0.467. The molecule has 0 fully saturated rings. The van der Waals surface area contributed by atoms with Crippen molar-refractivity contribution in [2.24, 2.45) is 0 Å². The fraction of sp³-hybridized carbons (Fsp3) is 0.211. The van der Waals surface area contributed by atoms with Gasteiger partial charge in [-0.2, -0.15) is 5.26 Å². The van der Waals surface area contributed by atoms with E-state index in [1.54, 1.807) is 25.2 Å². The maximum Gasteiger partial charge on any atom is 0.254 e. The molecule has 0 saturated carbocycles. The molecule has 1 unspecified atom stereocenters. The van der Waals surface area contributed by atoms with Crippen LogP contribution in [0.2, 0.25) is 0 Å². The van der Waals surface area contributed by atoms with Crippen molar-refractivity contribution in [3.05, 3.63) is 58.7 Å². The number of phenols is 1. The van der Waals surface area contributed by atoms with E-state index in [2.05, 4.69) is 6.07 Å². The van der Waals surface area contributed by atoms with E-state index in [-0.39, 0.29) is 34.6 Å². The van der Waals surface area contributed by atoms with Crippen molar-refractivity contribution in [2.45, 2.75) is 13.0 Å².